The van der Waals surface area contributed by atoms with E-state index in [0.29, 0.717) is 5.92 Å². The minimum Gasteiger partial charge on any atom is -0.323 e. The highest BCUT2D eigenvalue weighted by Gasteiger charge is 2.37. The Kier molecular flexibility index (Phi) is 3.43. The van der Waals surface area contributed by atoms with E-state index in [1.807, 2.05) is 6.92 Å². The summed E-state index contributed by atoms with van der Waals surface area (Å²) in [7, 11) is -3.73. The minimum atomic E-state index is -3.73. The maximum Gasteiger partial charge on any atom is 0.271 e. The lowest BCUT2D eigenvalue weighted by molar-refractivity contribution is -0.384. The molecule has 8 nitrogen and oxygen atoms in total. The zero-order valence-electron chi connectivity index (χ0n) is 10.2. The Morgan fingerprint density at radius 3 is 2.58 bits per heavy atom. The number of sulfonamides is 1. The van der Waals surface area contributed by atoms with Crippen molar-refractivity contribution in [3.63, 3.8) is 0 Å². The third kappa shape index (κ3) is 2.83. The molecule has 0 aromatic heterocycles. The number of hydrogen-bond donors (Lipinski definition) is 3. The molecule has 0 aliphatic heterocycles. The van der Waals surface area contributed by atoms with Crippen LogP contribution in [0.1, 0.15) is 13.3 Å². The predicted octanol–water partition coefficient (Wildman–Crippen LogP) is 0.567. The van der Waals surface area contributed by atoms with Crippen molar-refractivity contribution in [3.8, 4) is 0 Å². The highest BCUT2D eigenvalue weighted by atomic mass is 32.2. The number of nitrogen functional groups attached to an aromatic ring is 1. The summed E-state index contributed by atoms with van der Waals surface area (Å²) < 4.78 is 26.8. The minimum absolute atomic E-state index is 0.00463. The van der Waals surface area contributed by atoms with E-state index in [9.17, 15) is 18.5 Å². The predicted molar refractivity (Wildman–Crippen MR) is 68.8 cm³/mol. The number of non-ortho nitro benzene ring substituents is 1. The molecular formula is C10H14N4O4S. The van der Waals surface area contributed by atoms with Crippen molar-refractivity contribution in [1.82, 2.24) is 4.72 Å². The summed E-state index contributed by atoms with van der Waals surface area (Å²) in [5.74, 6) is 5.53. The van der Waals surface area contributed by atoms with Crippen LogP contribution in [-0.2, 0) is 10.0 Å². The largest absolute Gasteiger partial charge is 0.323 e. The highest BCUT2D eigenvalue weighted by Crippen LogP contribution is 2.32. The van der Waals surface area contributed by atoms with Gasteiger partial charge in [-0.05, 0) is 18.4 Å². The van der Waals surface area contributed by atoms with Crippen LogP contribution in [0.15, 0.2) is 23.1 Å². The number of nitrogens with zero attached hydrogens (tertiary/aromatic N) is 1. The second-order valence-electron chi connectivity index (χ2n) is 4.52. The van der Waals surface area contributed by atoms with Crippen molar-refractivity contribution in [2.75, 3.05) is 5.43 Å². The molecule has 1 aromatic carbocycles. The molecule has 2 rings (SSSR count). The van der Waals surface area contributed by atoms with Gasteiger partial charge in [0, 0.05) is 18.2 Å². The fourth-order valence-corrected chi connectivity index (χ4v) is 3.24. The molecule has 1 fully saturated rings. The highest BCUT2D eigenvalue weighted by molar-refractivity contribution is 7.89. The Balaban J connectivity index is 2.35. The summed E-state index contributed by atoms with van der Waals surface area (Å²) in [6, 6.07) is 3.31. The van der Waals surface area contributed by atoms with Gasteiger partial charge in [0.2, 0.25) is 10.0 Å². The maximum absolute atomic E-state index is 12.1. The van der Waals surface area contributed by atoms with E-state index < -0.39 is 14.9 Å². The van der Waals surface area contributed by atoms with Crippen LogP contribution in [0.25, 0.3) is 0 Å². The molecule has 1 aromatic rings. The quantitative estimate of drug-likeness (QED) is 0.412. The molecule has 1 saturated carbocycles. The summed E-state index contributed by atoms with van der Waals surface area (Å²) >= 11 is 0. The fraction of sp³-hybridized carbons (Fsp3) is 0.400. The summed E-state index contributed by atoms with van der Waals surface area (Å²) in [5, 5.41) is 10.6. The Morgan fingerprint density at radius 1 is 1.47 bits per heavy atom. The molecule has 1 aliphatic carbocycles. The van der Waals surface area contributed by atoms with Gasteiger partial charge in [-0.25, -0.2) is 13.1 Å². The van der Waals surface area contributed by atoms with Gasteiger partial charge in [0.1, 0.15) is 4.90 Å². The number of nitrogens with one attached hydrogen (secondary N) is 2. The summed E-state index contributed by atoms with van der Waals surface area (Å²) in [6.45, 7) is 1.94. The van der Waals surface area contributed by atoms with Crippen LogP contribution in [0, 0.1) is 16.0 Å². The molecule has 104 valence electrons. The lowest BCUT2D eigenvalue weighted by atomic mass is 10.3. The molecule has 4 N–H and O–H groups in total. The molecule has 1 aliphatic rings. The molecule has 0 amide bonds. The van der Waals surface area contributed by atoms with Crippen LogP contribution in [-0.4, -0.2) is 19.4 Å². The normalized spacial score (nSPS) is 22.0. The lowest BCUT2D eigenvalue weighted by Crippen LogP contribution is -2.28. The fourth-order valence-electron chi connectivity index (χ4n) is 1.73. The van der Waals surface area contributed by atoms with Crippen molar-refractivity contribution in [1.29, 1.82) is 0 Å². The smallest absolute Gasteiger partial charge is 0.271 e. The maximum atomic E-state index is 12.1. The molecule has 2 unspecified atom stereocenters. The number of benzene rings is 1. The third-order valence-corrected chi connectivity index (χ3v) is 4.58. The van der Waals surface area contributed by atoms with Gasteiger partial charge in [-0.2, -0.15) is 0 Å². The summed E-state index contributed by atoms with van der Waals surface area (Å²) in [6.07, 6.45) is 0.789. The first-order valence-corrected chi connectivity index (χ1v) is 7.11. The van der Waals surface area contributed by atoms with Crippen molar-refractivity contribution in [2.45, 2.75) is 24.3 Å². The Labute approximate surface area is 110 Å². The average molecular weight is 286 g/mol. The second kappa shape index (κ2) is 4.76. The molecular weight excluding hydrogens is 272 g/mol. The SMILES string of the molecule is CC1CC1NS(=O)(=O)c1ccc([N+](=O)[O-])cc1NN. The van der Waals surface area contributed by atoms with E-state index in [4.69, 9.17) is 5.84 Å². The molecule has 2 atom stereocenters. The van der Waals surface area contributed by atoms with E-state index in [1.54, 1.807) is 0 Å². The van der Waals surface area contributed by atoms with Crippen molar-refractivity contribution >= 4 is 21.4 Å². The van der Waals surface area contributed by atoms with Gasteiger partial charge < -0.3 is 5.43 Å². The molecule has 0 bridgehead atoms. The van der Waals surface area contributed by atoms with Crippen LogP contribution in [0.4, 0.5) is 11.4 Å². The van der Waals surface area contributed by atoms with E-state index >= 15 is 0 Å². The standard InChI is InChI=1S/C10H14N4O4S/c1-6-4-8(6)13-19(17,18)10-3-2-7(14(15)16)5-9(10)12-11/h2-3,5-6,8,12-13H,4,11H2,1H3. The summed E-state index contributed by atoms with van der Waals surface area (Å²) in [5.41, 5.74) is 1.94. The number of hydrogen-bond acceptors (Lipinski definition) is 6. The first kappa shape index (κ1) is 13.7. The number of anilines is 1. The molecule has 0 heterocycles. The van der Waals surface area contributed by atoms with Crippen LogP contribution in [0.5, 0.6) is 0 Å². The van der Waals surface area contributed by atoms with E-state index in [-0.39, 0.29) is 22.3 Å². The second-order valence-corrected chi connectivity index (χ2v) is 6.21. The van der Waals surface area contributed by atoms with Gasteiger partial charge in [-0.15, -0.1) is 0 Å². The van der Waals surface area contributed by atoms with E-state index in [0.717, 1.165) is 18.6 Å². The van der Waals surface area contributed by atoms with Gasteiger partial charge in [0.15, 0.2) is 0 Å². The third-order valence-electron chi connectivity index (χ3n) is 3.03. The molecule has 0 saturated heterocycles. The van der Waals surface area contributed by atoms with Crippen LogP contribution >= 0.6 is 0 Å². The number of rotatable bonds is 5. The average Bonchev–Trinajstić information content (AvgIpc) is 3.02. The monoisotopic (exact) mass is 286 g/mol. The van der Waals surface area contributed by atoms with Gasteiger partial charge in [0.25, 0.3) is 5.69 Å². The Bertz CT molecular complexity index is 616. The lowest BCUT2D eigenvalue weighted by Gasteiger charge is -2.10. The first-order valence-electron chi connectivity index (χ1n) is 5.62. The number of nitrogens with two attached hydrogens (primary N) is 1. The van der Waals surface area contributed by atoms with Gasteiger partial charge >= 0.3 is 0 Å². The van der Waals surface area contributed by atoms with Crippen molar-refractivity contribution < 1.29 is 13.3 Å². The Morgan fingerprint density at radius 2 is 2.11 bits per heavy atom. The molecule has 9 heteroatoms. The van der Waals surface area contributed by atoms with Gasteiger partial charge in [0.05, 0.1) is 10.6 Å². The number of nitro benzene ring substituents is 1. The van der Waals surface area contributed by atoms with Crippen LogP contribution in [0.3, 0.4) is 0 Å². The van der Waals surface area contributed by atoms with E-state index in [1.165, 1.54) is 6.07 Å². The number of hydrazine groups is 1. The molecule has 0 radical (unpaired) electrons. The van der Waals surface area contributed by atoms with E-state index in [2.05, 4.69) is 10.1 Å². The zero-order valence-corrected chi connectivity index (χ0v) is 11.0. The molecule has 0 spiro atoms. The zero-order chi connectivity index (χ0) is 14.2. The van der Waals surface area contributed by atoms with Gasteiger partial charge in [-0.1, -0.05) is 6.92 Å². The van der Waals surface area contributed by atoms with Crippen LogP contribution < -0.4 is 16.0 Å². The Hall–Kier alpha value is -1.71. The van der Waals surface area contributed by atoms with Gasteiger partial charge in [-0.3, -0.25) is 16.0 Å². The van der Waals surface area contributed by atoms with Crippen molar-refractivity contribution in [3.05, 3.63) is 28.3 Å². The van der Waals surface area contributed by atoms with Crippen molar-refractivity contribution in [2.24, 2.45) is 11.8 Å². The van der Waals surface area contributed by atoms with Crippen LogP contribution in [0.2, 0.25) is 0 Å². The summed E-state index contributed by atoms with van der Waals surface area (Å²) in [4.78, 5) is 9.92. The topological polar surface area (TPSA) is 127 Å². The number of nitro groups is 1. The first-order chi connectivity index (χ1) is 8.85. The molecule has 19 heavy (non-hydrogen) atoms.